The average Bonchev–Trinajstić information content (AvgIpc) is 3.11. The first-order valence-corrected chi connectivity index (χ1v) is 10.5. The quantitative estimate of drug-likeness (QED) is 0.350. The van der Waals surface area contributed by atoms with E-state index in [2.05, 4.69) is 71.9 Å². The van der Waals surface area contributed by atoms with Gasteiger partial charge in [-0.25, -0.2) is 0 Å². The highest BCUT2D eigenvalue weighted by Gasteiger charge is 2.13. The van der Waals surface area contributed by atoms with Crippen LogP contribution in [0.4, 0.5) is 0 Å². The molecule has 1 heterocycles. The molecular formula is C22H27N3OS. The molecule has 4 nitrogen and oxygen atoms in total. The number of thioether (sulfide) groups is 1. The van der Waals surface area contributed by atoms with Crippen LogP contribution in [0.25, 0.3) is 11.4 Å². The summed E-state index contributed by atoms with van der Waals surface area (Å²) >= 11 is 1.74. The van der Waals surface area contributed by atoms with Crippen molar-refractivity contribution < 1.29 is 4.74 Å². The van der Waals surface area contributed by atoms with E-state index in [1.54, 1.807) is 11.8 Å². The van der Waals surface area contributed by atoms with E-state index >= 15 is 0 Å². The molecule has 0 aliphatic rings. The number of benzene rings is 2. The fourth-order valence-electron chi connectivity index (χ4n) is 2.84. The van der Waals surface area contributed by atoms with E-state index in [1.165, 1.54) is 11.1 Å². The minimum Gasteiger partial charge on any atom is -0.494 e. The topological polar surface area (TPSA) is 39.9 Å². The van der Waals surface area contributed by atoms with Crippen LogP contribution in [-0.2, 0) is 12.3 Å². The smallest absolute Gasteiger partial charge is 0.191 e. The van der Waals surface area contributed by atoms with E-state index < -0.39 is 0 Å². The van der Waals surface area contributed by atoms with Gasteiger partial charge in [0, 0.05) is 17.9 Å². The van der Waals surface area contributed by atoms with Crippen molar-refractivity contribution in [2.24, 2.45) is 0 Å². The Kier molecular flexibility index (Phi) is 6.93. The standard InChI is InChI=1S/C22H27N3OS/c1-4-6-15-26-20-13-11-18(12-14-20)21-23-24-22(25(21)5-2)27-16-19-10-8-7-9-17(19)3/h7-14H,4-6,15-16H2,1-3H3. The molecule has 3 aromatic rings. The summed E-state index contributed by atoms with van der Waals surface area (Å²) in [6.07, 6.45) is 2.22. The van der Waals surface area contributed by atoms with Gasteiger partial charge in [-0.1, -0.05) is 49.4 Å². The molecule has 27 heavy (non-hydrogen) atoms. The van der Waals surface area contributed by atoms with Crippen molar-refractivity contribution in [2.45, 2.75) is 51.1 Å². The van der Waals surface area contributed by atoms with Crippen LogP contribution < -0.4 is 4.74 Å². The molecule has 0 amide bonds. The monoisotopic (exact) mass is 381 g/mol. The lowest BCUT2D eigenvalue weighted by Crippen LogP contribution is -2.00. The number of aromatic nitrogens is 3. The Morgan fingerprint density at radius 1 is 1.00 bits per heavy atom. The lowest BCUT2D eigenvalue weighted by atomic mass is 10.1. The minimum atomic E-state index is 0.765. The Balaban J connectivity index is 1.72. The number of ether oxygens (including phenoxy) is 1. The number of unbranched alkanes of at least 4 members (excludes halogenated alkanes) is 1. The summed E-state index contributed by atoms with van der Waals surface area (Å²) in [4.78, 5) is 0. The molecule has 0 aliphatic heterocycles. The molecule has 1 aromatic heterocycles. The molecule has 0 radical (unpaired) electrons. The van der Waals surface area contributed by atoms with Gasteiger partial charge in [0.15, 0.2) is 11.0 Å². The fraction of sp³-hybridized carbons (Fsp3) is 0.364. The van der Waals surface area contributed by atoms with Crippen LogP contribution in [-0.4, -0.2) is 21.4 Å². The molecule has 0 spiro atoms. The average molecular weight is 382 g/mol. The fourth-order valence-corrected chi connectivity index (χ4v) is 3.92. The second-order valence-corrected chi connectivity index (χ2v) is 7.43. The zero-order chi connectivity index (χ0) is 19.1. The number of hydrogen-bond acceptors (Lipinski definition) is 4. The largest absolute Gasteiger partial charge is 0.494 e. The van der Waals surface area contributed by atoms with Crippen molar-refractivity contribution in [3.63, 3.8) is 0 Å². The molecule has 0 N–H and O–H groups in total. The van der Waals surface area contributed by atoms with Crippen molar-refractivity contribution >= 4 is 11.8 Å². The summed E-state index contributed by atoms with van der Waals surface area (Å²) in [7, 11) is 0. The number of hydrogen-bond donors (Lipinski definition) is 0. The molecule has 3 rings (SSSR count). The van der Waals surface area contributed by atoms with Crippen LogP contribution in [0.5, 0.6) is 5.75 Å². The number of nitrogens with zero attached hydrogens (tertiary/aromatic N) is 3. The third-order valence-corrected chi connectivity index (χ3v) is 5.55. The molecule has 0 bridgehead atoms. The van der Waals surface area contributed by atoms with E-state index in [1.807, 2.05) is 12.1 Å². The Labute approximate surface area is 166 Å². The lowest BCUT2D eigenvalue weighted by molar-refractivity contribution is 0.309. The van der Waals surface area contributed by atoms with Crippen LogP contribution in [0.15, 0.2) is 53.7 Å². The molecule has 0 fully saturated rings. The van der Waals surface area contributed by atoms with E-state index in [9.17, 15) is 0 Å². The van der Waals surface area contributed by atoms with Crippen molar-refractivity contribution in [3.05, 3.63) is 59.7 Å². The highest BCUT2D eigenvalue weighted by atomic mass is 32.2. The van der Waals surface area contributed by atoms with Crippen LogP contribution in [0, 0.1) is 6.92 Å². The maximum atomic E-state index is 5.75. The van der Waals surface area contributed by atoms with Gasteiger partial charge in [-0.2, -0.15) is 0 Å². The highest BCUT2D eigenvalue weighted by Crippen LogP contribution is 2.28. The minimum absolute atomic E-state index is 0.765. The summed E-state index contributed by atoms with van der Waals surface area (Å²) in [5.41, 5.74) is 3.71. The van der Waals surface area contributed by atoms with Gasteiger partial charge in [0.1, 0.15) is 5.75 Å². The lowest BCUT2D eigenvalue weighted by Gasteiger charge is -2.09. The van der Waals surface area contributed by atoms with E-state index in [-0.39, 0.29) is 0 Å². The first kappa shape index (κ1) is 19.5. The van der Waals surface area contributed by atoms with Gasteiger partial charge < -0.3 is 9.30 Å². The highest BCUT2D eigenvalue weighted by molar-refractivity contribution is 7.98. The maximum absolute atomic E-state index is 5.75. The van der Waals surface area contributed by atoms with Crippen molar-refractivity contribution in [3.8, 4) is 17.1 Å². The number of aryl methyl sites for hydroxylation is 1. The Bertz CT molecular complexity index is 858. The molecule has 0 saturated heterocycles. The van der Waals surface area contributed by atoms with Crippen LogP contribution in [0.1, 0.15) is 37.8 Å². The van der Waals surface area contributed by atoms with Gasteiger partial charge in [-0.15, -0.1) is 10.2 Å². The van der Waals surface area contributed by atoms with Crippen molar-refractivity contribution in [2.75, 3.05) is 6.61 Å². The number of rotatable bonds is 9. The van der Waals surface area contributed by atoms with Crippen LogP contribution in [0.2, 0.25) is 0 Å². The first-order chi connectivity index (χ1) is 13.2. The molecule has 0 atom stereocenters. The second-order valence-electron chi connectivity index (χ2n) is 6.49. The van der Waals surface area contributed by atoms with Gasteiger partial charge in [0.2, 0.25) is 0 Å². The van der Waals surface area contributed by atoms with E-state index in [0.29, 0.717) is 0 Å². The Hall–Kier alpha value is -2.27. The zero-order valence-corrected chi connectivity index (χ0v) is 17.1. The summed E-state index contributed by atoms with van der Waals surface area (Å²) < 4.78 is 7.93. The van der Waals surface area contributed by atoms with Gasteiger partial charge in [0.25, 0.3) is 0 Å². The molecule has 142 valence electrons. The van der Waals surface area contributed by atoms with Crippen molar-refractivity contribution in [1.82, 2.24) is 14.8 Å². The summed E-state index contributed by atoms with van der Waals surface area (Å²) in [6, 6.07) is 16.6. The molecular weight excluding hydrogens is 354 g/mol. The van der Waals surface area contributed by atoms with Crippen molar-refractivity contribution in [1.29, 1.82) is 0 Å². The third-order valence-electron chi connectivity index (χ3n) is 4.53. The van der Waals surface area contributed by atoms with Gasteiger partial charge in [0.05, 0.1) is 6.61 Å². The van der Waals surface area contributed by atoms with Gasteiger partial charge in [-0.05, 0) is 55.7 Å². The maximum Gasteiger partial charge on any atom is 0.191 e. The predicted octanol–water partition coefficient (Wildman–Crippen LogP) is 5.74. The predicted molar refractivity (Wildman–Crippen MR) is 112 cm³/mol. The molecule has 0 saturated carbocycles. The summed E-state index contributed by atoms with van der Waals surface area (Å²) in [5.74, 6) is 2.71. The van der Waals surface area contributed by atoms with Gasteiger partial charge >= 0.3 is 0 Å². The Morgan fingerprint density at radius 2 is 1.78 bits per heavy atom. The summed E-state index contributed by atoms with van der Waals surface area (Å²) in [6.45, 7) is 8.05. The summed E-state index contributed by atoms with van der Waals surface area (Å²) in [5, 5.41) is 9.84. The normalized spacial score (nSPS) is 10.9. The Morgan fingerprint density at radius 3 is 2.48 bits per heavy atom. The van der Waals surface area contributed by atoms with Gasteiger partial charge in [-0.3, -0.25) is 0 Å². The SMILES string of the molecule is CCCCOc1ccc(-c2nnc(SCc3ccccc3C)n2CC)cc1. The van der Waals surface area contributed by atoms with E-state index in [0.717, 1.165) is 54.0 Å². The van der Waals surface area contributed by atoms with E-state index in [4.69, 9.17) is 4.74 Å². The molecule has 0 unspecified atom stereocenters. The zero-order valence-electron chi connectivity index (χ0n) is 16.3. The molecule has 0 aliphatic carbocycles. The van der Waals surface area contributed by atoms with Crippen LogP contribution >= 0.6 is 11.8 Å². The second kappa shape index (κ2) is 9.60. The molecule has 2 aromatic carbocycles. The van der Waals surface area contributed by atoms with Crippen LogP contribution in [0.3, 0.4) is 0 Å². The first-order valence-electron chi connectivity index (χ1n) is 9.56. The molecule has 5 heteroatoms. The third kappa shape index (κ3) is 4.92.